The van der Waals surface area contributed by atoms with Gasteiger partial charge in [0.05, 0.1) is 13.2 Å². The Balaban J connectivity index is 1.85. The summed E-state index contributed by atoms with van der Waals surface area (Å²) in [6.07, 6.45) is 1.54. The number of esters is 1. The third-order valence-electron chi connectivity index (χ3n) is 5.76. The van der Waals surface area contributed by atoms with E-state index < -0.39 is 29.6 Å². The molecule has 1 N–H and O–H groups in total. The number of carbonyl (C=O) groups excluding carboxylic acids is 2. The maximum absolute atomic E-state index is 12.8. The summed E-state index contributed by atoms with van der Waals surface area (Å²) >= 11 is 0. The van der Waals surface area contributed by atoms with Crippen LogP contribution < -0.4 is 0 Å². The van der Waals surface area contributed by atoms with Crippen LogP contribution in [0.3, 0.4) is 0 Å². The summed E-state index contributed by atoms with van der Waals surface area (Å²) in [7, 11) is 1.31. The first-order chi connectivity index (χ1) is 12.4. The number of amides is 1. The summed E-state index contributed by atoms with van der Waals surface area (Å²) in [5.41, 5.74) is 0.233. The summed E-state index contributed by atoms with van der Waals surface area (Å²) in [6.45, 7) is 5.81. The molecule has 5 atom stereocenters. The number of allylic oxidation sites excluding steroid dienone is 1. The maximum Gasteiger partial charge on any atom is 0.411 e. The molecule has 0 bridgehead atoms. The number of hydrogen-bond acceptors (Lipinski definition) is 5. The van der Waals surface area contributed by atoms with E-state index in [-0.39, 0.29) is 18.6 Å². The van der Waals surface area contributed by atoms with Gasteiger partial charge in [-0.05, 0) is 18.4 Å². The predicted molar refractivity (Wildman–Crippen MR) is 95.1 cm³/mol. The van der Waals surface area contributed by atoms with E-state index in [1.54, 1.807) is 6.08 Å². The Bertz CT molecular complexity index is 691. The Morgan fingerprint density at radius 2 is 2.08 bits per heavy atom. The highest BCUT2D eigenvalue weighted by Gasteiger charge is 2.67. The summed E-state index contributed by atoms with van der Waals surface area (Å²) in [5.74, 6) is -0.693. The van der Waals surface area contributed by atoms with Gasteiger partial charge in [-0.1, -0.05) is 43.3 Å². The first kappa shape index (κ1) is 18.5. The van der Waals surface area contributed by atoms with Crippen LogP contribution in [0, 0.1) is 11.3 Å². The number of fused-ring (bicyclic) bond motifs is 1. The van der Waals surface area contributed by atoms with Gasteiger partial charge in [0.15, 0.2) is 0 Å². The highest BCUT2D eigenvalue weighted by atomic mass is 16.6. The second-order valence-corrected chi connectivity index (χ2v) is 7.27. The van der Waals surface area contributed by atoms with Crippen molar-refractivity contribution >= 4 is 12.1 Å². The zero-order chi connectivity index (χ0) is 18.9. The molecule has 0 spiro atoms. The van der Waals surface area contributed by atoms with E-state index in [1.807, 2.05) is 37.3 Å². The number of benzene rings is 1. The van der Waals surface area contributed by atoms with Crippen LogP contribution in [0.5, 0.6) is 0 Å². The Kier molecular flexibility index (Phi) is 5.05. The molecule has 6 nitrogen and oxygen atoms in total. The minimum Gasteiger partial charge on any atom is -0.467 e. The van der Waals surface area contributed by atoms with Gasteiger partial charge in [-0.3, -0.25) is 4.90 Å². The lowest BCUT2D eigenvalue weighted by Gasteiger charge is -2.44. The fraction of sp³-hybridized carbons (Fsp3) is 0.500. The van der Waals surface area contributed by atoms with Crippen LogP contribution in [0.25, 0.3) is 0 Å². The highest BCUT2D eigenvalue weighted by molar-refractivity contribution is 5.84. The van der Waals surface area contributed by atoms with Crippen LogP contribution >= 0.6 is 0 Å². The standard InChI is InChI=1S/C20H25NO5/c1-4-10-20(2)16-14(11-15(16)22)21(17(20)18(23)25-3)19(24)26-12-13-8-6-5-7-9-13/h4-9,14-17,22H,1,10-12H2,2-3H3. The van der Waals surface area contributed by atoms with Crippen molar-refractivity contribution in [3.63, 3.8) is 0 Å². The highest BCUT2D eigenvalue weighted by Crippen LogP contribution is 2.57. The van der Waals surface area contributed by atoms with Crippen LogP contribution in [0.2, 0.25) is 0 Å². The molecule has 1 saturated carbocycles. The van der Waals surface area contributed by atoms with Gasteiger partial charge in [0, 0.05) is 17.4 Å². The molecule has 3 rings (SSSR count). The number of hydrogen-bond donors (Lipinski definition) is 1. The van der Waals surface area contributed by atoms with Gasteiger partial charge in [0.1, 0.15) is 12.6 Å². The number of nitrogens with zero attached hydrogens (tertiary/aromatic N) is 1. The van der Waals surface area contributed by atoms with Crippen LogP contribution in [0.15, 0.2) is 43.0 Å². The molecule has 1 saturated heterocycles. The zero-order valence-corrected chi connectivity index (χ0v) is 15.1. The van der Waals surface area contributed by atoms with Gasteiger partial charge in [-0.2, -0.15) is 0 Å². The van der Waals surface area contributed by atoms with Gasteiger partial charge in [0.25, 0.3) is 0 Å². The second-order valence-electron chi connectivity index (χ2n) is 7.27. The molecule has 1 aromatic carbocycles. The van der Waals surface area contributed by atoms with E-state index in [2.05, 4.69) is 6.58 Å². The van der Waals surface area contributed by atoms with Crippen LogP contribution in [0.1, 0.15) is 25.3 Å². The molecule has 1 amide bonds. The quantitative estimate of drug-likeness (QED) is 0.646. The molecule has 0 radical (unpaired) electrons. The summed E-state index contributed by atoms with van der Waals surface area (Å²) in [6, 6.07) is 8.33. The fourth-order valence-corrected chi connectivity index (χ4v) is 4.55. The lowest BCUT2D eigenvalue weighted by atomic mass is 9.61. The monoisotopic (exact) mass is 359 g/mol. The normalized spacial score (nSPS) is 32.3. The SMILES string of the molecule is C=CCC1(C)C2C(O)CC2N(C(=O)OCc2ccccc2)C1C(=O)OC. The lowest BCUT2D eigenvalue weighted by Crippen LogP contribution is -2.53. The Hall–Kier alpha value is -2.34. The molecule has 1 aliphatic carbocycles. The van der Waals surface area contributed by atoms with Crippen molar-refractivity contribution in [3.8, 4) is 0 Å². The van der Waals surface area contributed by atoms with Gasteiger partial charge < -0.3 is 14.6 Å². The van der Waals surface area contributed by atoms with Crippen molar-refractivity contribution in [3.05, 3.63) is 48.6 Å². The topological polar surface area (TPSA) is 76.1 Å². The summed E-state index contributed by atoms with van der Waals surface area (Å²) < 4.78 is 10.4. The third kappa shape index (κ3) is 2.88. The molecule has 26 heavy (non-hydrogen) atoms. The van der Waals surface area contributed by atoms with E-state index in [0.717, 1.165) is 5.56 Å². The number of aliphatic hydroxyl groups excluding tert-OH is 1. The first-order valence-corrected chi connectivity index (χ1v) is 8.80. The molecule has 5 unspecified atom stereocenters. The van der Waals surface area contributed by atoms with Crippen molar-refractivity contribution < 1.29 is 24.2 Å². The van der Waals surface area contributed by atoms with E-state index in [9.17, 15) is 14.7 Å². The number of ether oxygens (including phenoxy) is 2. The molecule has 1 heterocycles. The van der Waals surface area contributed by atoms with E-state index in [1.165, 1.54) is 12.0 Å². The van der Waals surface area contributed by atoms with E-state index >= 15 is 0 Å². The van der Waals surface area contributed by atoms with Crippen molar-refractivity contribution in [2.45, 2.75) is 44.6 Å². The first-order valence-electron chi connectivity index (χ1n) is 8.80. The molecule has 1 aromatic rings. The van der Waals surface area contributed by atoms with Crippen LogP contribution in [-0.4, -0.2) is 47.4 Å². The van der Waals surface area contributed by atoms with Crippen molar-refractivity contribution in [2.24, 2.45) is 11.3 Å². The Morgan fingerprint density at radius 3 is 2.65 bits per heavy atom. The fourth-order valence-electron chi connectivity index (χ4n) is 4.55. The molecule has 6 heteroatoms. The van der Waals surface area contributed by atoms with Crippen molar-refractivity contribution in [1.82, 2.24) is 4.90 Å². The average molecular weight is 359 g/mol. The average Bonchev–Trinajstić information content (AvgIpc) is 2.83. The van der Waals surface area contributed by atoms with Gasteiger partial charge >= 0.3 is 12.1 Å². The molecule has 2 fully saturated rings. The van der Waals surface area contributed by atoms with Gasteiger partial charge in [-0.15, -0.1) is 6.58 Å². The molecule has 1 aliphatic heterocycles. The second kappa shape index (κ2) is 7.11. The molecule has 2 aliphatic rings. The molecular formula is C20H25NO5. The smallest absolute Gasteiger partial charge is 0.411 e. The van der Waals surface area contributed by atoms with Gasteiger partial charge in [0.2, 0.25) is 0 Å². The van der Waals surface area contributed by atoms with E-state index in [0.29, 0.717) is 12.8 Å². The third-order valence-corrected chi connectivity index (χ3v) is 5.76. The van der Waals surface area contributed by atoms with Crippen LogP contribution in [-0.2, 0) is 20.9 Å². The largest absolute Gasteiger partial charge is 0.467 e. The Morgan fingerprint density at radius 1 is 1.38 bits per heavy atom. The number of rotatable bonds is 5. The van der Waals surface area contributed by atoms with Gasteiger partial charge in [-0.25, -0.2) is 9.59 Å². The number of carbonyl (C=O) groups is 2. The Labute approximate surface area is 153 Å². The minimum atomic E-state index is -0.805. The summed E-state index contributed by atoms with van der Waals surface area (Å²) in [4.78, 5) is 26.8. The summed E-state index contributed by atoms with van der Waals surface area (Å²) in [5, 5.41) is 10.3. The minimum absolute atomic E-state index is 0.127. The number of methoxy groups -OCH3 is 1. The lowest BCUT2D eigenvalue weighted by molar-refractivity contribution is -0.149. The molecule has 140 valence electrons. The predicted octanol–water partition coefficient (Wildman–Crippen LogP) is 2.51. The number of aliphatic hydroxyl groups is 1. The molecule has 0 aromatic heterocycles. The molecular weight excluding hydrogens is 334 g/mol. The number of likely N-dealkylation sites (tertiary alicyclic amines) is 1. The van der Waals surface area contributed by atoms with E-state index in [4.69, 9.17) is 9.47 Å². The van der Waals surface area contributed by atoms with Crippen LogP contribution in [0.4, 0.5) is 4.79 Å². The maximum atomic E-state index is 12.8. The zero-order valence-electron chi connectivity index (χ0n) is 15.1. The van der Waals surface area contributed by atoms with Crippen molar-refractivity contribution in [2.75, 3.05) is 7.11 Å². The van der Waals surface area contributed by atoms with Crippen molar-refractivity contribution in [1.29, 1.82) is 0 Å².